The molecule has 1 aliphatic heterocycles. The minimum absolute atomic E-state index is 0.0924. The Kier molecular flexibility index (Phi) is 2.51. The molecule has 2 heterocycles. The Labute approximate surface area is 107 Å². The predicted octanol–water partition coefficient (Wildman–Crippen LogP) is 1.92. The number of rotatable bonds is 0. The van der Waals surface area contributed by atoms with Crippen molar-refractivity contribution in [3.05, 3.63) is 53.3 Å². The molecule has 18 heavy (non-hydrogen) atoms. The first-order valence-corrected chi connectivity index (χ1v) is 6.18. The maximum absolute atomic E-state index is 11.8. The predicted molar refractivity (Wildman–Crippen MR) is 74.8 cm³/mol. The fourth-order valence-electron chi connectivity index (χ4n) is 2.59. The van der Waals surface area contributed by atoms with Crippen LogP contribution in [0.5, 0.6) is 0 Å². The van der Waals surface area contributed by atoms with Gasteiger partial charge in [-0.2, -0.15) is 0 Å². The van der Waals surface area contributed by atoms with E-state index in [1.807, 2.05) is 23.1 Å². The molecule has 3 nitrogen and oxygen atoms in total. The van der Waals surface area contributed by atoms with Gasteiger partial charge in [-0.1, -0.05) is 18.2 Å². The number of hydrogen-bond donors (Lipinski definition) is 0. The minimum Gasteiger partial charge on any atom is -0.343 e. The van der Waals surface area contributed by atoms with E-state index in [0.29, 0.717) is 6.54 Å². The number of amides is 1. The molecule has 0 N–H and O–H groups in total. The van der Waals surface area contributed by atoms with Gasteiger partial charge in [-0.3, -0.25) is 4.79 Å². The molecule has 0 unspecified atom stereocenters. The second kappa shape index (κ2) is 4.05. The van der Waals surface area contributed by atoms with Crippen LogP contribution in [-0.2, 0) is 13.1 Å². The summed E-state index contributed by atoms with van der Waals surface area (Å²) >= 11 is 0. The summed E-state index contributed by atoms with van der Waals surface area (Å²) in [6, 6.07) is 12.4. The summed E-state index contributed by atoms with van der Waals surface area (Å²) in [5.74, 6) is 0.0924. The van der Waals surface area contributed by atoms with Gasteiger partial charge in [0, 0.05) is 23.6 Å². The second-order valence-electron chi connectivity index (χ2n) is 4.79. The third-order valence-electron chi connectivity index (χ3n) is 3.60. The Morgan fingerprint density at radius 2 is 1.94 bits per heavy atom. The number of hydrogen-bond acceptors (Lipinski definition) is 1. The molecule has 0 bridgehead atoms. The van der Waals surface area contributed by atoms with Gasteiger partial charge in [0.25, 0.3) is 0 Å². The highest BCUT2D eigenvalue weighted by molar-refractivity contribution is 6.60. The van der Waals surface area contributed by atoms with Crippen LogP contribution in [0.4, 0.5) is 10.5 Å². The molecule has 0 spiro atoms. The van der Waals surface area contributed by atoms with Crippen molar-refractivity contribution < 1.29 is 4.79 Å². The molecule has 0 atom stereocenters. The SMILES string of the molecule is BC(=O)N1Cc2ccc(C)n2Cc2ccccc21. The molecule has 1 amide bonds. The number of benzene rings is 1. The highest BCUT2D eigenvalue weighted by Crippen LogP contribution is 2.28. The average molecular weight is 238 g/mol. The number of para-hydroxylation sites is 1. The molecule has 0 radical (unpaired) electrons. The Hall–Kier alpha value is -1.97. The first-order valence-electron chi connectivity index (χ1n) is 6.18. The van der Waals surface area contributed by atoms with Crippen LogP contribution in [0.3, 0.4) is 0 Å². The molecule has 0 saturated carbocycles. The van der Waals surface area contributed by atoms with Crippen LogP contribution in [0.25, 0.3) is 0 Å². The second-order valence-corrected chi connectivity index (χ2v) is 4.79. The van der Waals surface area contributed by atoms with Crippen molar-refractivity contribution in [3.63, 3.8) is 0 Å². The van der Waals surface area contributed by atoms with E-state index in [4.69, 9.17) is 0 Å². The molecule has 1 aromatic carbocycles. The van der Waals surface area contributed by atoms with Gasteiger partial charge in [-0.15, -0.1) is 0 Å². The molecule has 1 aromatic heterocycles. The van der Waals surface area contributed by atoms with Crippen molar-refractivity contribution in [1.82, 2.24) is 4.57 Å². The van der Waals surface area contributed by atoms with Crippen molar-refractivity contribution in [2.45, 2.75) is 20.0 Å². The third-order valence-corrected chi connectivity index (χ3v) is 3.60. The van der Waals surface area contributed by atoms with Gasteiger partial charge in [0.1, 0.15) is 0 Å². The van der Waals surface area contributed by atoms with Crippen LogP contribution in [0.1, 0.15) is 17.0 Å². The van der Waals surface area contributed by atoms with Gasteiger partial charge in [-0.05, 0) is 30.7 Å². The zero-order valence-corrected chi connectivity index (χ0v) is 10.7. The number of carbonyl (C=O) groups excluding carboxylic acids is 1. The van der Waals surface area contributed by atoms with E-state index in [1.54, 1.807) is 7.85 Å². The van der Waals surface area contributed by atoms with Gasteiger partial charge in [0.15, 0.2) is 5.81 Å². The van der Waals surface area contributed by atoms with Gasteiger partial charge in [-0.25, -0.2) is 0 Å². The van der Waals surface area contributed by atoms with Crippen molar-refractivity contribution in [3.8, 4) is 0 Å². The number of fused-ring (bicyclic) bond motifs is 2. The lowest BCUT2D eigenvalue weighted by molar-refractivity contribution is 0.263. The lowest BCUT2D eigenvalue weighted by Gasteiger charge is -2.21. The normalized spacial score (nSPS) is 13.7. The number of carbonyl (C=O) groups is 1. The van der Waals surface area contributed by atoms with E-state index in [0.717, 1.165) is 12.2 Å². The number of aryl methyl sites for hydroxylation is 1. The van der Waals surface area contributed by atoms with Gasteiger partial charge < -0.3 is 9.47 Å². The van der Waals surface area contributed by atoms with E-state index < -0.39 is 0 Å². The fraction of sp³-hybridized carbons (Fsp3) is 0.214. The highest BCUT2D eigenvalue weighted by Gasteiger charge is 2.21. The maximum Gasteiger partial charge on any atom is 0.216 e. The van der Waals surface area contributed by atoms with Crippen LogP contribution in [0, 0.1) is 6.92 Å². The zero-order valence-electron chi connectivity index (χ0n) is 10.7. The topological polar surface area (TPSA) is 25.2 Å². The summed E-state index contributed by atoms with van der Waals surface area (Å²) in [5, 5.41) is 0. The van der Waals surface area contributed by atoms with Crippen LogP contribution in [-0.4, -0.2) is 18.2 Å². The van der Waals surface area contributed by atoms with Crippen molar-refractivity contribution >= 4 is 19.3 Å². The van der Waals surface area contributed by atoms with Crippen molar-refractivity contribution in [2.24, 2.45) is 0 Å². The Balaban J connectivity index is 2.18. The lowest BCUT2D eigenvalue weighted by atomic mass is 10.1. The molecule has 4 heteroatoms. The van der Waals surface area contributed by atoms with Crippen molar-refractivity contribution in [2.75, 3.05) is 4.90 Å². The monoisotopic (exact) mass is 238 g/mol. The first-order chi connectivity index (χ1) is 8.66. The fourth-order valence-corrected chi connectivity index (χ4v) is 2.59. The van der Waals surface area contributed by atoms with Gasteiger partial charge >= 0.3 is 0 Å². The standard InChI is InChI=1S/C14H15BN2O/c1-10-6-7-12-9-17(14(15)18)13-5-3-2-4-11(13)8-16(10)12/h2-7H,8-9,15H2,1H3. The number of anilines is 1. The van der Waals surface area contributed by atoms with Crippen LogP contribution in [0.15, 0.2) is 36.4 Å². The minimum atomic E-state index is 0.0924. The Morgan fingerprint density at radius 1 is 1.17 bits per heavy atom. The lowest BCUT2D eigenvalue weighted by Crippen LogP contribution is -2.29. The summed E-state index contributed by atoms with van der Waals surface area (Å²) < 4.78 is 2.28. The van der Waals surface area contributed by atoms with E-state index >= 15 is 0 Å². The molecule has 0 fully saturated rings. The molecule has 1 aliphatic rings. The molecule has 0 aliphatic carbocycles. The molecule has 0 saturated heterocycles. The number of nitrogens with zero attached hydrogens (tertiary/aromatic N) is 2. The first kappa shape index (κ1) is 11.1. The molecular formula is C14H15BN2O. The molecular weight excluding hydrogens is 223 g/mol. The summed E-state index contributed by atoms with van der Waals surface area (Å²) in [7, 11) is 1.63. The van der Waals surface area contributed by atoms with Gasteiger partial charge in [0.2, 0.25) is 7.85 Å². The van der Waals surface area contributed by atoms with E-state index in [-0.39, 0.29) is 5.81 Å². The largest absolute Gasteiger partial charge is 0.343 e. The molecule has 2 aromatic rings. The summed E-state index contributed by atoms with van der Waals surface area (Å²) in [6.45, 7) is 3.60. The zero-order chi connectivity index (χ0) is 12.7. The van der Waals surface area contributed by atoms with Crippen LogP contribution < -0.4 is 4.90 Å². The summed E-state index contributed by atoms with van der Waals surface area (Å²) in [5.41, 5.74) is 4.67. The number of aromatic nitrogens is 1. The van der Waals surface area contributed by atoms with Crippen LogP contribution >= 0.6 is 0 Å². The molecule has 90 valence electrons. The summed E-state index contributed by atoms with van der Waals surface area (Å²) in [4.78, 5) is 13.7. The average Bonchev–Trinajstić information content (AvgIpc) is 2.61. The third kappa shape index (κ3) is 1.65. The summed E-state index contributed by atoms with van der Waals surface area (Å²) in [6.07, 6.45) is 0. The van der Waals surface area contributed by atoms with E-state index in [9.17, 15) is 4.79 Å². The van der Waals surface area contributed by atoms with Crippen LogP contribution in [0.2, 0.25) is 0 Å². The Morgan fingerprint density at radius 3 is 2.72 bits per heavy atom. The smallest absolute Gasteiger partial charge is 0.216 e. The van der Waals surface area contributed by atoms with Crippen molar-refractivity contribution in [1.29, 1.82) is 0 Å². The highest BCUT2D eigenvalue weighted by atomic mass is 16.1. The maximum atomic E-state index is 11.8. The Bertz CT molecular complexity index is 618. The van der Waals surface area contributed by atoms with Gasteiger partial charge in [0.05, 0.1) is 6.54 Å². The van der Waals surface area contributed by atoms with E-state index in [1.165, 1.54) is 17.0 Å². The van der Waals surface area contributed by atoms with E-state index in [2.05, 4.69) is 29.7 Å². The molecule has 3 rings (SSSR count). The quantitative estimate of drug-likeness (QED) is 0.643.